The van der Waals surface area contributed by atoms with E-state index < -0.39 is 0 Å². The van der Waals surface area contributed by atoms with Crippen molar-refractivity contribution in [2.24, 2.45) is 0 Å². The monoisotopic (exact) mass is 353 g/mol. The van der Waals surface area contributed by atoms with Crippen molar-refractivity contribution in [2.45, 2.75) is 19.3 Å². The Bertz CT molecular complexity index is 849. The Hall–Kier alpha value is -2.73. The second-order valence-electron chi connectivity index (χ2n) is 5.47. The van der Waals surface area contributed by atoms with Gasteiger partial charge in [0.2, 0.25) is 11.0 Å². The second-order valence-corrected chi connectivity index (χ2v) is 6.45. The molecule has 1 heterocycles. The molecule has 0 bridgehead atoms. The van der Waals surface area contributed by atoms with E-state index in [0.29, 0.717) is 16.6 Å². The van der Waals surface area contributed by atoms with E-state index in [4.69, 9.17) is 4.74 Å². The number of methoxy groups -OCH3 is 1. The number of para-hydroxylation sites is 1. The predicted molar refractivity (Wildman–Crippen MR) is 100 cm³/mol. The van der Waals surface area contributed by atoms with E-state index >= 15 is 0 Å². The minimum absolute atomic E-state index is 0.0728. The first kappa shape index (κ1) is 17.1. The van der Waals surface area contributed by atoms with Gasteiger partial charge in [-0.25, -0.2) is 0 Å². The lowest BCUT2D eigenvalue weighted by atomic mass is 9.96. The average molecular weight is 353 g/mol. The van der Waals surface area contributed by atoms with Crippen LogP contribution in [0.25, 0.3) is 10.6 Å². The fourth-order valence-corrected chi connectivity index (χ4v) is 3.43. The maximum absolute atomic E-state index is 12.6. The highest BCUT2D eigenvalue weighted by molar-refractivity contribution is 7.18. The number of rotatable bonds is 6. The van der Waals surface area contributed by atoms with Gasteiger partial charge in [-0.05, 0) is 24.1 Å². The van der Waals surface area contributed by atoms with Gasteiger partial charge >= 0.3 is 0 Å². The number of nitrogens with one attached hydrogen (secondary N) is 1. The summed E-state index contributed by atoms with van der Waals surface area (Å²) in [4.78, 5) is 12.6. The van der Waals surface area contributed by atoms with Gasteiger partial charge in [0, 0.05) is 0 Å². The van der Waals surface area contributed by atoms with E-state index in [0.717, 1.165) is 16.9 Å². The van der Waals surface area contributed by atoms with Gasteiger partial charge in [0.05, 0.1) is 18.6 Å². The molecule has 0 spiro atoms. The summed E-state index contributed by atoms with van der Waals surface area (Å²) in [7, 11) is 1.62. The van der Waals surface area contributed by atoms with Gasteiger partial charge in [-0.3, -0.25) is 10.1 Å². The lowest BCUT2D eigenvalue weighted by Crippen LogP contribution is -2.20. The summed E-state index contributed by atoms with van der Waals surface area (Å²) in [5, 5.41) is 12.4. The summed E-state index contributed by atoms with van der Waals surface area (Å²) >= 11 is 1.33. The van der Waals surface area contributed by atoms with Gasteiger partial charge < -0.3 is 4.74 Å². The molecule has 2 aromatic carbocycles. The zero-order valence-corrected chi connectivity index (χ0v) is 14.9. The zero-order valence-electron chi connectivity index (χ0n) is 14.1. The van der Waals surface area contributed by atoms with E-state index in [1.54, 1.807) is 7.11 Å². The first-order chi connectivity index (χ1) is 12.2. The maximum atomic E-state index is 12.6. The number of benzene rings is 2. The molecule has 3 aromatic rings. The molecule has 0 saturated heterocycles. The summed E-state index contributed by atoms with van der Waals surface area (Å²) in [6, 6.07) is 17.4. The number of carbonyl (C=O) groups excluding carboxylic acids is 1. The second kappa shape index (κ2) is 7.90. The van der Waals surface area contributed by atoms with Crippen molar-refractivity contribution in [3.63, 3.8) is 0 Å². The lowest BCUT2D eigenvalue weighted by molar-refractivity contribution is -0.117. The molecule has 0 aliphatic carbocycles. The van der Waals surface area contributed by atoms with Crippen LogP contribution in [0.3, 0.4) is 0 Å². The van der Waals surface area contributed by atoms with Crippen LogP contribution in [0.5, 0.6) is 5.75 Å². The number of carbonyl (C=O) groups is 1. The van der Waals surface area contributed by atoms with Crippen LogP contribution >= 0.6 is 11.3 Å². The normalized spacial score (nSPS) is 11.8. The molecule has 0 saturated carbocycles. The fourth-order valence-electron chi connectivity index (χ4n) is 2.65. The van der Waals surface area contributed by atoms with E-state index in [2.05, 4.69) is 15.5 Å². The van der Waals surface area contributed by atoms with E-state index in [1.165, 1.54) is 11.3 Å². The molecule has 0 radical (unpaired) electrons. The smallest absolute Gasteiger partial charge is 0.233 e. The average Bonchev–Trinajstić information content (AvgIpc) is 3.11. The first-order valence-corrected chi connectivity index (χ1v) is 8.87. The minimum atomic E-state index is -0.209. The Morgan fingerprint density at radius 3 is 2.56 bits per heavy atom. The number of hydrogen-bond acceptors (Lipinski definition) is 5. The van der Waals surface area contributed by atoms with E-state index in [1.807, 2.05) is 61.5 Å². The summed E-state index contributed by atoms with van der Waals surface area (Å²) < 4.78 is 5.36. The summed E-state index contributed by atoms with van der Waals surface area (Å²) in [5.41, 5.74) is 1.86. The van der Waals surface area contributed by atoms with Gasteiger partial charge in [-0.2, -0.15) is 0 Å². The highest BCUT2D eigenvalue weighted by Crippen LogP contribution is 2.33. The molecule has 5 nitrogen and oxygen atoms in total. The third-order valence-corrected chi connectivity index (χ3v) is 4.79. The van der Waals surface area contributed by atoms with Crippen molar-refractivity contribution < 1.29 is 9.53 Å². The van der Waals surface area contributed by atoms with Crippen LogP contribution in [-0.4, -0.2) is 23.2 Å². The molecule has 0 unspecified atom stereocenters. The third kappa shape index (κ3) is 3.85. The standard InChI is InChI=1S/C19H19N3O2S/c1-3-14(13-9-5-4-6-10-13)17(23)20-19-22-21-18(25-19)15-11-7-8-12-16(15)24-2/h4-12,14H,3H2,1-2H3,(H,20,22,23)/t14-/m1/s1. The van der Waals surface area contributed by atoms with Crippen molar-refractivity contribution >= 4 is 22.4 Å². The van der Waals surface area contributed by atoms with E-state index in [9.17, 15) is 4.79 Å². The van der Waals surface area contributed by atoms with Gasteiger partial charge in [0.25, 0.3) is 0 Å². The van der Waals surface area contributed by atoms with Crippen molar-refractivity contribution in [2.75, 3.05) is 12.4 Å². The van der Waals surface area contributed by atoms with Crippen LogP contribution in [0.1, 0.15) is 24.8 Å². The molecule has 0 aliphatic rings. The molecule has 0 fully saturated rings. The van der Waals surface area contributed by atoms with Crippen LogP contribution in [0, 0.1) is 0 Å². The highest BCUT2D eigenvalue weighted by atomic mass is 32.1. The summed E-state index contributed by atoms with van der Waals surface area (Å²) in [6.07, 6.45) is 0.716. The Morgan fingerprint density at radius 2 is 1.84 bits per heavy atom. The molecular formula is C19H19N3O2S. The Balaban J connectivity index is 1.78. The number of aromatic nitrogens is 2. The van der Waals surface area contributed by atoms with Crippen molar-refractivity contribution in [3.05, 3.63) is 60.2 Å². The van der Waals surface area contributed by atoms with Crippen molar-refractivity contribution in [1.82, 2.24) is 10.2 Å². The Morgan fingerprint density at radius 1 is 1.12 bits per heavy atom. The lowest BCUT2D eigenvalue weighted by Gasteiger charge is -2.13. The highest BCUT2D eigenvalue weighted by Gasteiger charge is 2.20. The van der Waals surface area contributed by atoms with Crippen LogP contribution in [-0.2, 0) is 4.79 Å². The van der Waals surface area contributed by atoms with Crippen LogP contribution < -0.4 is 10.1 Å². The molecule has 1 aromatic heterocycles. The Labute approximate surface area is 150 Å². The molecule has 6 heteroatoms. The molecule has 128 valence electrons. The molecule has 3 rings (SSSR count). The number of ether oxygens (including phenoxy) is 1. The van der Waals surface area contributed by atoms with Gasteiger partial charge in [-0.1, -0.05) is 60.7 Å². The van der Waals surface area contributed by atoms with Crippen LogP contribution in [0.4, 0.5) is 5.13 Å². The minimum Gasteiger partial charge on any atom is -0.496 e. The molecular weight excluding hydrogens is 334 g/mol. The van der Waals surface area contributed by atoms with Crippen molar-refractivity contribution in [1.29, 1.82) is 0 Å². The molecule has 0 aliphatic heterocycles. The van der Waals surface area contributed by atoms with Crippen molar-refractivity contribution in [3.8, 4) is 16.3 Å². The van der Waals surface area contributed by atoms with Crippen LogP contribution in [0.15, 0.2) is 54.6 Å². The van der Waals surface area contributed by atoms with Gasteiger partial charge in [0.1, 0.15) is 5.75 Å². The third-order valence-electron chi connectivity index (χ3n) is 3.92. The van der Waals surface area contributed by atoms with E-state index in [-0.39, 0.29) is 11.8 Å². The summed E-state index contributed by atoms with van der Waals surface area (Å²) in [6.45, 7) is 2.00. The molecule has 1 atom stereocenters. The fraction of sp³-hybridized carbons (Fsp3) is 0.211. The van der Waals surface area contributed by atoms with Gasteiger partial charge in [-0.15, -0.1) is 10.2 Å². The summed E-state index contributed by atoms with van der Waals surface area (Å²) in [5.74, 6) is 0.448. The van der Waals surface area contributed by atoms with Crippen LogP contribution in [0.2, 0.25) is 0 Å². The largest absolute Gasteiger partial charge is 0.496 e. The number of amides is 1. The topological polar surface area (TPSA) is 64.1 Å². The Kier molecular flexibility index (Phi) is 5.40. The predicted octanol–water partition coefficient (Wildman–Crippen LogP) is 4.35. The quantitative estimate of drug-likeness (QED) is 0.716. The molecule has 25 heavy (non-hydrogen) atoms. The number of nitrogens with zero attached hydrogens (tertiary/aromatic N) is 2. The van der Waals surface area contributed by atoms with Gasteiger partial charge in [0.15, 0.2) is 5.01 Å². The number of hydrogen-bond donors (Lipinski definition) is 1. The maximum Gasteiger partial charge on any atom is 0.233 e. The number of anilines is 1. The molecule has 1 N–H and O–H groups in total. The SMILES string of the molecule is CC[C@@H](C(=O)Nc1nnc(-c2ccccc2OC)s1)c1ccccc1. The molecule has 1 amide bonds. The first-order valence-electron chi connectivity index (χ1n) is 8.05. The zero-order chi connectivity index (χ0) is 17.6.